The van der Waals surface area contributed by atoms with Crippen LogP contribution in [0.25, 0.3) is 6.08 Å². The number of nitro groups is 2. The maximum absolute atomic E-state index is 11.4. The number of esters is 1. The highest BCUT2D eigenvalue weighted by Crippen LogP contribution is 2.24. The van der Waals surface area contributed by atoms with Gasteiger partial charge in [-0.3, -0.25) is 25.0 Å². The first kappa shape index (κ1) is 16.0. The minimum atomic E-state index is -0.934. The first-order valence-electron chi connectivity index (χ1n) is 5.51. The average molecular weight is 294 g/mol. The molecule has 0 N–H and O–H groups in total. The van der Waals surface area contributed by atoms with Crippen molar-refractivity contribution in [3.8, 4) is 0 Å². The maximum atomic E-state index is 11.4. The molecule has 0 bridgehead atoms. The first-order valence-corrected chi connectivity index (χ1v) is 5.51. The van der Waals surface area contributed by atoms with E-state index in [-0.39, 0.29) is 11.1 Å². The summed E-state index contributed by atoms with van der Waals surface area (Å²) < 4.78 is 4.41. The van der Waals surface area contributed by atoms with Crippen molar-refractivity contribution in [3.05, 3.63) is 49.6 Å². The van der Waals surface area contributed by atoms with Crippen molar-refractivity contribution < 1.29 is 24.2 Å². The zero-order valence-electron chi connectivity index (χ0n) is 11.1. The molecule has 0 aliphatic heterocycles. The SMILES string of the molecule is COC(=O)/C(=C\c1cc([N+](=O)[O-])cc([N+](=O)[O-])c1)C(C)=O. The molecular formula is C12H10N2O7. The van der Waals surface area contributed by atoms with E-state index in [1.54, 1.807) is 0 Å². The number of carbonyl (C=O) groups is 2. The van der Waals surface area contributed by atoms with Crippen molar-refractivity contribution in [3.63, 3.8) is 0 Å². The number of non-ortho nitro benzene ring substituents is 2. The minimum absolute atomic E-state index is 0.0218. The van der Waals surface area contributed by atoms with Gasteiger partial charge in [-0.25, -0.2) is 4.79 Å². The van der Waals surface area contributed by atoms with E-state index in [0.29, 0.717) is 0 Å². The number of methoxy groups -OCH3 is 1. The molecule has 0 fully saturated rings. The highest BCUT2D eigenvalue weighted by Gasteiger charge is 2.19. The van der Waals surface area contributed by atoms with Crippen LogP contribution in [0.1, 0.15) is 12.5 Å². The second kappa shape index (κ2) is 6.37. The van der Waals surface area contributed by atoms with Crippen molar-refractivity contribution in [2.45, 2.75) is 6.92 Å². The van der Waals surface area contributed by atoms with Gasteiger partial charge in [-0.2, -0.15) is 0 Å². The van der Waals surface area contributed by atoms with E-state index in [1.807, 2.05) is 0 Å². The average Bonchev–Trinajstić information content (AvgIpc) is 2.43. The summed E-state index contributed by atoms with van der Waals surface area (Å²) in [5.74, 6) is -1.56. The quantitative estimate of drug-likeness (QED) is 0.201. The third kappa shape index (κ3) is 3.93. The van der Waals surface area contributed by atoms with Crippen molar-refractivity contribution >= 4 is 29.2 Å². The fraction of sp³-hybridized carbons (Fsp3) is 0.167. The summed E-state index contributed by atoms with van der Waals surface area (Å²) in [6, 6.07) is 2.81. The van der Waals surface area contributed by atoms with E-state index in [4.69, 9.17) is 0 Å². The molecule has 0 unspecified atom stereocenters. The van der Waals surface area contributed by atoms with Crippen molar-refractivity contribution in [1.29, 1.82) is 0 Å². The molecule has 0 spiro atoms. The van der Waals surface area contributed by atoms with Crippen LogP contribution in [0.5, 0.6) is 0 Å². The first-order chi connectivity index (χ1) is 9.76. The monoisotopic (exact) mass is 294 g/mol. The lowest BCUT2D eigenvalue weighted by atomic mass is 10.1. The van der Waals surface area contributed by atoms with E-state index in [9.17, 15) is 29.8 Å². The van der Waals surface area contributed by atoms with Crippen molar-refractivity contribution in [2.24, 2.45) is 0 Å². The lowest BCUT2D eigenvalue weighted by Gasteiger charge is -2.02. The van der Waals surface area contributed by atoms with E-state index < -0.39 is 33.0 Å². The van der Waals surface area contributed by atoms with Gasteiger partial charge >= 0.3 is 5.97 Å². The molecule has 0 aliphatic carbocycles. The van der Waals surface area contributed by atoms with Gasteiger partial charge < -0.3 is 4.74 Å². The summed E-state index contributed by atoms with van der Waals surface area (Å²) in [6.07, 6.45) is 1.01. The van der Waals surface area contributed by atoms with Crippen LogP contribution in [0.2, 0.25) is 0 Å². The fourth-order valence-corrected chi connectivity index (χ4v) is 1.49. The topological polar surface area (TPSA) is 130 Å². The number of Topliss-reactive ketones (excluding diaryl/α,β-unsaturated/α-hetero) is 1. The lowest BCUT2D eigenvalue weighted by Crippen LogP contribution is -2.11. The molecule has 0 saturated carbocycles. The molecule has 9 heteroatoms. The Labute approximate surface area is 118 Å². The summed E-state index contributed by atoms with van der Waals surface area (Å²) in [4.78, 5) is 42.6. The van der Waals surface area contributed by atoms with Gasteiger partial charge in [0.25, 0.3) is 11.4 Å². The van der Waals surface area contributed by atoms with Gasteiger partial charge in [0, 0.05) is 12.1 Å². The molecule has 0 amide bonds. The van der Waals surface area contributed by atoms with Crippen LogP contribution in [0.4, 0.5) is 11.4 Å². The second-order valence-corrected chi connectivity index (χ2v) is 3.90. The molecule has 110 valence electrons. The molecule has 1 aromatic carbocycles. The van der Waals surface area contributed by atoms with Crippen LogP contribution in [0, 0.1) is 20.2 Å². The summed E-state index contributed by atoms with van der Waals surface area (Å²) >= 11 is 0. The molecule has 0 atom stereocenters. The number of benzene rings is 1. The summed E-state index contributed by atoms with van der Waals surface area (Å²) in [7, 11) is 1.06. The normalized spacial score (nSPS) is 10.9. The van der Waals surface area contributed by atoms with Crippen LogP contribution >= 0.6 is 0 Å². The van der Waals surface area contributed by atoms with Gasteiger partial charge in [0.05, 0.1) is 23.0 Å². The third-order valence-corrected chi connectivity index (χ3v) is 2.44. The van der Waals surface area contributed by atoms with E-state index in [2.05, 4.69) is 4.74 Å². The minimum Gasteiger partial charge on any atom is -0.465 e. The Hall–Kier alpha value is -3.10. The number of ether oxygens (including phenoxy) is 1. The van der Waals surface area contributed by atoms with Crippen LogP contribution < -0.4 is 0 Å². The Bertz CT molecular complexity index is 631. The van der Waals surface area contributed by atoms with Crippen LogP contribution in [0.3, 0.4) is 0 Å². The molecule has 1 aromatic rings. The van der Waals surface area contributed by atoms with Gasteiger partial charge in [0.1, 0.15) is 5.57 Å². The van der Waals surface area contributed by atoms with Crippen LogP contribution in [-0.4, -0.2) is 28.7 Å². The Balaban J connectivity index is 3.47. The molecule has 21 heavy (non-hydrogen) atoms. The van der Waals surface area contributed by atoms with Crippen molar-refractivity contribution in [2.75, 3.05) is 7.11 Å². The van der Waals surface area contributed by atoms with Gasteiger partial charge in [-0.15, -0.1) is 0 Å². The van der Waals surface area contributed by atoms with E-state index in [0.717, 1.165) is 38.3 Å². The van der Waals surface area contributed by atoms with E-state index in [1.165, 1.54) is 0 Å². The third-order valence-electron chi connectivity index (χ3n) is 2.44. The molecule has 0 aromatic heterocycles. The number of carbonyl (C=O) groups excluding carboxylic acids is 2. The molecule has 0 heterocycles. The van der Waals surface area contributed by atoms with Gasteiger partial charge in [-0.1, -0.05) is 0 Å². The molecule has 9 nitrogen and oxygen atoms in total. The number of hydrogen-bond donors (Lipinski definition) is 0. The Morgan fingerprint density at radius 3 is 1.90 bits per heavy atom. The molecule has 0 radical (unpaired) electrons. The zero-order chi connectivity index (χ0) is 16.2. The van der Waals surface area contributed by atoms with Crippen LogP contribution in [0.15, 0.2) is 23.8 Å². The predicted octanol–water partition coefficient (Wildman–Crippen LogP) is 1.65. The Kier molecular flexibility index (Phi) is 4.84. The van der Waals surface area contributed by atoms with Gasteiger partial charge in [0.15, 0.2) is 5.78 Å². The molecule has 1 rings (SSSR count). The fourth-order valence-electron chi connectivity index (χ4n) is 1.49. The summed E-state index contributed by atoms with van der Waals surface area (Å²) in [5, 5.41) is 21.5. The zero-order valence-corrected chi connectivity index (χ0v) is 11.1. The standard InChI is InChI=1S/C12H10N2O7/c1-7(15)11(12(16)21-2)5-8-3-9(13(17)18)6-10(4-8)14(19)20/h3-6H,1-2H3/b11-5-. The maximum Gasteiger partial charge on any atom is 0.341 e. The number of ketones is 1. The van der Waals surface area contributed by atoms with E-state index >= 15 is 0 Å². The summed E-state index contributed by atoms with van der Waals surface area (Å²) in [5.41, 5.74) is -1.44. The molecular weight excluding hydrogens is 284 g/mol. The largest absolute Gasteiger partial charge is 0.465 e. The molecule has 0 saturated heterocycles. The highest BCUT2D eigenvalue weighted by molar-refractivity contribution is 6.19. The highest BCUT2D eigenvalue weighted by atomic mass is 16.6. The van der Waals surface area contributed by atoms with Gasteiger partial charge in [0.2, 0.25) is 0 Å². The predicted molar refractivity (Wildman–Crippen MR) is 70.4 cm³/mol. The number of rotatable bonds is 5. The number of hydrogen-bond acceptors (Lipinski definition) is 7. The Morgan fingerprint density at radius 1 is 1.10 bits per heavy atom. The lowest BCUT2D eigenvalue weighted by molar-refractivity contribution is -0.394. The Morgan fingerprint density at radius 2 is 1.57 bits per heavy atom. The smallest absolute Gasteiger partial charge is 0.341 e. The van der Waals surface area contributed by atoms with Gasteiger partial charge in [-0.05, 0) is 18.6 Å². The van der Waals surface area contributed by atoms with Crippen LogP contribution in [-0.2, 0) is 14.3 Å². The molecule has 0 aliphatic rings. The second-order valence-electron chi connectivity index (χ2n) is 3.90. The summed E-state index contributed by atoms with van der Waals surface area (Å²) in [6.45, 7) is 1.11. The van der Waals surface area contributed by atoms with Crippen molar-refractivity contribution in [1.82, 2.24) is 0 Å². The number of nitro benzene ring substituents is 2. The number of nitrogens with zero attached hydrogens (tertiary/aromatic N) is 2.